The molecule has 1 aromatic heterocycles. The van der Waals surface area contributed by atoms with E-state index in [-0.39, 0.29) is 6.42 Å². The number of nitrogens with one attached hydrogen (secondary N) is 2. The molecule has 7 heteroatoms. The molecule has 0 spiro atoms. The van der Waals surface area contributed by atoms with Gasteiger partial charge in [-0.1, -0.05) is 18.2 Å². The van der Waals surface area contributed by atoms with E-state index in [1.54, 1.807) is 0 Å². The second kappa shape index (κ2) is 5.02. The number of benzene rings is 1. The van der Waals surface area contributed by atoms with Crippen molar-refractivity contribution in [2.24, 2.45) is 0 Å². The van der Waals surface area contributed by atoms with Gasteiger partial charge < -0.3 is 10.1 Å². The normalized spacial score (nSPS) is 13.5. The zero-order chi connectivity index (χ0) is 14.0. The second-order valence-electron chi connectivity index (χ2n) is 4.37. The molecule has 0 amide bonds. The fourth-order valence-electron chi connectivity index (χ4n) is 1.90. The Labute approximate surface area is 110 Å². The number of carboxylic acid groups (broad SMARTS) is 1. The highest BCUT2D eigenvalue weighted by Gasteiger charge is 2.22. The van der Waals surface area contributed by atoms with Crippen LogP contribution in [0.5, 0.6) is 0 Å². The zero-order valence-electron chi connectivity index (χ0n) is 10.3. The van der Waals surface area contributed by atoms with Crippen molar-refractivity contribution in [3.63, 3.8) is 0 Å². The lowest BCUT2D eigenvalue weighted by atomic mass is 10.1. The summed E-state index contributed by atoms with van der Waals surface area (Å²) >= 11 is 0. The molecule has 1 heterocycles. The summed E-state index contributed by atoms with van der Waals surface area (Å²) in [4.78, 5) is 14.1. The maximum absolute atomic E-state index is 11.1. The predicted molar refractivity (Wildman–Crippen MR) is 71.4 cm³/mol. The molecule has 2 rings (SSSR count). The van der Waals surface area contributed by atoms with Crippen LogP contribution in [0, 0.1) is 0 Å². The molecule has 102 valence electrons. The minimum absolute atomic E-state index is 0.0666. The van der Waals surface area contributed by atoms with E-state index >= 15 is 0 Å². The number of hydrogen-bond acceptors (Lipinski definition) is 3. The molecule has 0 fully saturated rings. The van der Waals surface area contributed by atoms with Crippen LogP contribution in [-0.2, 0) is 21.2 Å². The summed E-state index contributed by atoms with van der Waals surface area (Å²) < 4.78 is 24.3. The fourth-order valence-corrected chi connectivity index (χ4v) is 2.60. The Bertz CT molecular complexity index is 672. The van der Waals surface area contributed by atoms with E-state index in [0.29, 0.717) is 5.69 Å². The number of aromatic nitrogens is 1. The Hall–Kier alpha value is -1.86. The third-order valence-corrected chi connectivity index (χ3v) is 3.38. The van der Waals surface area contributed by atoms with E-state index < -0.39 is 22.0 Å². The fraction of sp³-hybridized carbons (Fsp3) is 0.250. The average molecular weight is 282 g/mol. The van der Waals surface area contributed by atoms with Crippen molar-refractivity contribution < 1.29 is 18.3 Å². The maximum atomic E-state index is 11.1. The van der Waals surface area contributed by atoms with Crippen molar-refractivity contribution in [2.45, 2.75) is 12.5 Å². The lowest BCUT2D eigenvalue weighted by Crippen LogP contribution is -2.41. The van der Waals surface area contributed by atoms with Crippen LogP contribution in [0.1, 0.15) is 5.69 Å². The standard InChI is InChI=1S/C12H14N2O4S/c1-19(17,18)14-11(12(15)16)7-9-6-8-4-2-3-5-10(8)13-9/h2-6,11,13-14H,7H2,1H3,(H,15,16)/t11-/m1/s1. The second-order valence-corrected chi connectivity index (χ2v) is 6.15. The summed E-state index contributed by atoms with van der Waals surface area (Å²) in [6, 6.07) is 8.15. The summed E-state index contributed by atoms with van der Waals surface area (Å²) in [5.41, 5.74) is 1.56. The summed E-state index contributed by atoms with van der Waals surface area (Å²) in [5, 5.41) is 9.99. The van der Waals surface area contributed by atoms with Gasteiger partial charge in [-0.2, -0.15) is 0 Å². The van der Waals surface area contributed by atoms with Gasteiger partial charge in [0.1, 0.15) is 6.04 Å². The first kappa shape index (κ1) is 13.6. The van der Waals surface area contributed by atoms with Gasteiger partial charge in [0.2, 0.25) is 10.0 Å². The van der Waals surface area contributed by atoms with Gasteiger partial charge in [-0.3, -0.25) is 4.79 Å². The zero-order valence-corrected chi connectivity index (χ0v) is 11.1. The van der Waals surface area contributed by atoms with Crippen LogP contribution in [0.15, 0.2) is 30.3 Å². The third-order valence-electron chi connectivity index (χ3n) is 2.66. The van der Waals surface area contributed by atoms with Crippen LogP contribution >= 0.6 is 0 Å². The maximum Gasteiger partial charge on any atom is 0.322 e. The summed E-state index contributed by atoms with van der Waals surface area (Å²) in [6.45, 7) is 0. The topological polar surface area (TPSA) is 99.3 Å². The van der Waals surface area contributed by atoms with Gasteiger partial charge in [0.25, 0.3) is 0 Å². The molecule has 6 nitrogen and oxygen atoms in total. The van der Waals surface area contributed by atoms with Gasteiger partial charge >= 0.3 is 5.97 Å². The Balaban J connectivity index is 2.23. The largest absolute Gasteiger partial charge is 0.480 e. The Morgan fingerprint density at radius 2 is 2.11 bits per heavy atom. The Morgan fingerprint density at radius 1 is 1.42 bits per heavy atom. The minimum atomic E-state index is -3.56. The molecule has 3 N–H and O–H groups in total. The first-order chi connectivity index (χ1) is 8.85. The van der Waals surface area contributed by atoms with Crippen LogP contribution in [0.2, 0.25) is 0 Å². The van der Waals surface area contributed by atoms with E-state index in [9.17, 15) is 13.2 Å². The van der Waals surface area contributed by atoms with Gasteiger partial charge in [0.15, 0.2) is 0 Å². The third kappa shape index (κ3) is 3.55. The lowest BCUT2D eigenvalue weighted by molar-refractivity contribution is -0.138. The van der Waals surface area contributed by atoms with Crippen molar-refractivity contribution in [2.75, 3.05) is 6.26 Å². The van der Waals surface area contributed by atoms with Crippen molar-refractivity contribution in [1.82, 2.24) is 9.71 Å². The molecule has 0 aliphatic carbocycles. The van der Waals surface area contributed by atoms with E-state index in [4.69, 9.17) is 5.11 Å². The smallest absolute Gasteiger partial charge is 0.322 e. The molecule has 2 aromatic rings. The minimum Gasteiger partial charge on any atom is -0.480 e. The van der Waals surface area contributed by atoms with Gasteiger partial charge in [-0.25, -0.2) is 13.1 Å². The quantitative estimate of drug-likeness (QED) is 0.752. The lowest BCUT2D eigenvalue weighted by Gasteiger charge is -2.11. The molecule has 0 aliphatic heterocycles. The molecule has 19 heavy (non-hydrogen) atoms. The average Bonchev–Trinajstić information content (AvgIpc) is 2.68. The molecule has 1 atom stereocenters. The van der Waals surface area contributed by atoms with E-state index in [0.717, 1.165) is 17.2 Å². The number of aliphatic carboxylic acids is 1. The number of aromatic amines is 1. The number of rotatable bonds is 5. The van der Waals surface area contributed by atoms with Crippen LogP contribution in [-0.4, -0.2) is 36.8 Å². The van der Waals surface area contributed by atoms with E-state index in [1.165, 1.54) is 0 Å². The van der Waals surface area contributed by atoms with Crippen LogP contribution in [0.25, 0.3) is 10.9 Å². The number of para-hydroxylation sites is 1. The first-order valence-electron chi connectivity index (χ1n) is 5.62. The molecular formula is C12H14N2O4S. The highest BCUT2D eigenvalue weighted by Crippen LogP contribution is 2.15. The molecule has 0 saturated heterocycles. The van der Waals surface area contributed by atoms with Gasteiger partial charge in [0, 0.05) is 17.6 Å². The highest BCUT2D eigenvalue weighted by atomic mass is 32.2. The first-order valence-corrected chi connectivity index (χ1v) is 7.51. The SMILES string of the molecule is CS(=O)(=O)N[C@H](Cc1cc2ccccc2[nH]1)C(=O)O. The van der Waals surface area contributed by atoms with Crippen molar-refractivity contribution in [3.8, 4) is 0 Å². The number of carboxylic acids is 1. The molecule has 0 aliphatic rings. The number of H-pyrrole nitrogens is 1. The van der Waals surface area contributed by atoms with Crippen LogP contribution in [0.3, 0.4) is 0 Å². The highest BCUT2D eigenvalue weighted by molar-refractivity contribution is 7.88. The van der Waals surface area contributed by atoms with Gasteiger partial charge in [-0.05, 0) is 17.5 Å². The van der Waals surface area contributed by atoms with Gasteiger partial charge in [0.05, 0.1) is 6.26 Å². The molecular weight excluding hydrogens is 268 g/mol. The molecule has 1 aromatic carbocycles. The Morgan fingerprint density at radius 3 is 2.68 bits per heavy atom. The summed E-state index contributed by atoms with van der Waals surface area (Å²) in [7, 11) is -3.56. The number of sulfonamides is 1. The summed E-state index contributed by atoms with van der Waals surface area (Å²) in [6.07, 6.45) is 1.01. The number of carbonyl (C=O) groups is 1. The summed E-state index contributed by atoms with van der Waals surface area (Å²) in [5.74, 6) is -1.20. The molecule has 0 unspecified atom stereocenters. The Kier molecular flexibility index (Phi) is 3.59. The molecule has 0 radical (unpaired) electrons. The van der Waals surface area contributed by atoms with Gasteiger partial charge in [-0.15, -0.1) is 0 Å². The van der Waals surface area contributed by atoms with Crippen LogP contribution in [0.4, 0.5) is 0 Å². The van der Waals surface area contributed by atoms with Crippen molar-refractivity contribution >= 4 is 26.9 Å². The number of fused-ring (bicyclic) bond motifs is 1. The monoisotopic (exact) mass is 282 g/mol. The van der Waals surface area contributed by atoms with Crippen LogP contribution < -0.4 is 4.72 Å². The van der Waals surface area contributed by atoms with Crippen molar-refractivity contribution in [3.05, 3.63) is 36.0 Å². The number of hydrogen-bond donors (Lipinski definition) is 3. The predicted octanol–water partition coefficient (Wildman–Crippen LogP) is 0.713. The molecule has 0 saturated carbocycles. The molecule has 0 bridgehead atoms. The van der Waals surface area contributed by atoms with E-state index in [2.05, 4.69) is 9.71 Å². The van der Waals surface area contributed by atoms with E-state index in [1.807, 2.05) is 30.3 Å². The van der Waals surface area contributed by atoms with Crippen molar-refractivity contribution in [1.29, 1.82) is 0 Å².